The second-order valence-corrected chi connectivity index (χ2v) is 7.30. The van der Waals surface area contributed by atoms with Gasteiger partial charge in [-0.3, -0.25) is 4.90 Å². The van der Waals surface area contributed by atoms with E-state index in [-0.39, 0.29) is 12.4 Å². The van der Waals surface area contributed by atoms with Crippen LogP contribution < -0.4 is 4.90 Å². The Balaban J connectivity index is 1.21. The predicted molar refractivity (Wildman–Crippen MR) is 92.9 cm³/mol. The third kappa shape index (κ3) is 3.55. The lowest BCUT2D eigenvalue weighted by Gasteiger charge is -2.21. The van der Waals surface area contributed by atoms with E-state index < -0.39 is 12.1 Å². The van der Waals surface area contributed by atoms with Crippen LogP contribution in [0.15, 0.2) is 35.3 Å². The van der Waals surface area contributed by atoms with Gasteiger partial charge in [0.05, 0.1) is 6.54 Å². The van der Waals surface area contributed by atoms with E-state index in [1.165, 1.54) is 6.33 Å². The van der Waals surface area contributed by atoms with Crippen molar-refractivity contribution in [3.63, 3.8) is 0 Å². The summed E-state index contributed by atoms with van der Waals surface area (Å²) in [4.78, 5) is 12.9. The zero-order valence-corrected chi connectivity index (χ0v) is 15.2. The number of aromatic nitrogens is 6. The number of alkyl halides is 3. The summed E-state index contributed by atoms with van der Waals surface area (Å²) >= 11 is 0. The molecule has 5 rings (SSSR count). The van der Waals surface area contributed by atoms with E-state index in [1.807, 2.05) is 18.3 Å². The summed E-state index contributed by atoms with van der Waals surface area (Å²) in [6.45, 7) is 3.42. The van der Waals surface area contributed by atoms with Gasteiger partial charge >= 0.3 is 12.1 Å². The Morgan fingerprint density at radius 3 is 2.45 bits per heavy atom. The molecule has 2 fully saturated rings. The van der Waals surface area contributed by atoms with Crippen LogP contribution >= 0.6 is 0 Å². The average molecular weight is 406 g/mol. The van der Waals surface area contributed by atoms with Crippen LogP contribution in [-0.2, 0) is 12.7 Å². The molecular weight excluding hydrogens is 389 g/mol. The fraction of sp³-hybridized carbons (Fsp3) is 0.471. The molecule has 2 aliphatic heterocycles. The number of fused-ring (bicyclic) bond motifs is 1. The first-order valence-electron chi connectivity index (χ1n) is 9.14. The van der Waals surface area contributed by atoms with E-state index in [2.05, 4.69) is 35.1 Å². The van der Waals surface area contributed by atoms with Crippen molar-refractivity contribution in [1.29, 1.82) is 0 Å². The van der Waals surface area contributed by atoms with Gasteiger partial charge in [0.1, 0.15) is 12.1 Å². The second-order valence-electron chi connectivity index (χ2n) is 7.30. The molecule has 3 aromatic rings. The molecule has 0 radical (unpaired) electrons. The fourth-order valence-corrected chi connectivity index (χ4v) is 4.07. The first-order chi connectivity index (χ1) is 14.0. The fourth-order valence-electron chi connectivity index (χ4n) is 4.07. The highest BCUT2D eigenvalue weighted by Crippen LogP contribution is 2.34. The number of hydrogen-bond acceptors (Lipinski definition) is 8. The van der Waals surface area contributed by atoms with Gasteiger partial charge in [-0.05, 0) is 17.9 Å². The monoisotopic (exact) mass is 406 g/mol. The molecular formula is C17H17F3N8O. The molecule has 2 saturated heterocycles. The normalized spacial score (nSPS) is 22.4. The second kappa shape index (κ2) is 6.79. The van der Waals surface area contributed by atoms with Crippen LogP contribution in [0.4, 0.5) is 19.0 Å². The Kier molecular flexibility index (Phi) is 4.23. The Morgan fingerprint density at radius 2 is 1.79 bits per heavy atom. The van der Waals surface area contributed by atoms with E-state index in [0.717, 1.165) is 32.0 Å². The molecule has 5 heterocycles. The van der Waals surface area contributed by atoms with Gasteiger partial charge in [-0.2, -0.15) is 18.3 Å². The summed E-state index contributed by atoms with van der Waals surface area (Å²) in [7, 11) is 0. The lowest BCUT2D eigenvalue weighted by Crippen LogP contribution is -2.29. The van der Waals surface area contributed by atoms with E-state index in [0.29, 0.717) is 17.7 Å². The zero-order valence-electron chi connectivity index (χ0n) is 15.2. The smallest absolute Gasteiger partial charge is 0.416 e. The van der Waals surface area contributed by atoms with Crippen LogP contribution in [0.3, 0.4) is 0 Å². The van der Waals surface area contributed by atoms with Crippen molar-refractivity contribution in [2.45, 2.75) is 12.7 Å². The van der Waals surface area contributed by atoms with E-state index >= 15 is 0 Å². The Bertz CT molecular complexity index is 975. The molecule has 2 aliphatic rings. The summed E-state index contributed by atoms with van der Waals surface area (Å²) in [6.07, 6.45) is 0.433. The van der Waals surface area contributed by atoms with Crippen LogP contribution in [0, 0.1) is 11.8 Å². The van der Waals surface area contributed by atoms with Gasteiger partial charge in [0.15, 0.2) is 5.82 Å². The van der Waals surface area contributed by atoms with Crippen molar-refractivity contribution in [2.24, 2.45) is 11.8 Å². The van der Waals surface area contributed by atoms with Gasteiger partial charge in [0, 0.05) is 44.6 Å². The quantitative estimate of drug-likeness (QED) is 0.646. The average Bonchev–Trinajstić information content (AvgIpc) is 3.45. The van der Waals surface area contributed by atoms with Crippen molar-refractivity contribution in [3.8, 4) is 5.82 Å². The third-order valence-electron chi connectivity index (χ3n) is 5.33. The van der Waals surface area contributed by atoms with Crippen molar-refractivity contribution in [3.05, 3.63) is 42.6 Å². The molecule has 2 unspecified atom stereocenters. The van der Waals surface area contributed by atoms with Crippen molar-refractivity contribution in [1.82, 2.24) is 34.8 Å². The Labute approximate surface area is 163 Å². The van der Waals surface area contributed by atoms with Gasteiger partial charge < -0.3 is 9.32 Å². The van der Waals surface area contributed by atoms with Gasteiger partial charge in [0.2, 0.25) is 5.89 Å². The minimum absolute atomic E-state index is 0.00572. The van der Waals surface area contributed by atoms with E-state index in [1.54, 1.807) is 10.9 Å². The predicted octanol–water partition coefficient (Wildman–Crippen LogP) is 1.63. The summed E-state index contributed by atoms with van der Waals surface area (Å²) in [6, 6.07) is 3.74. The highest BCUT2D eigenvalue weighted by Gasteiger charge is 2.42. The first-order valence-corrected chi connectivity index (χ1v) is 9.14. The Morgan fingerprint density at radius 1 is 1.03 bits per heavy atom. The number of hydrogen-bond donors (Lipinski definition) is 0. The molecule has 2 atom stereocenters. The lowest BCUT2D eigenvalue weighted by atomic mass is 10.0. The summed E-state index contributed by atoms with van der Waals surface area (Å²) in [5, 5.41) is 10.8. The molecule has 0 aromatic carbocycles. The molecule has 0 aliphatic carbocycles. The minimum Gasteiger partial charge on any atom is -0.416 e. The van der Waals surface area contributed by atoms with Crippen LogP contribution in [0.1, 0.15) is 11.8 Å². The van der Waals surface area contributed by atoms with Crippen molar-refractivity contribution >= 4 is 5.82 Å². The maximum absolute atomic E-state index is 12.6. The summed E-state index contributed by atoms with van der Waals surface area (Å²) in [5.74, 6) is 1.06. The maximum Gasteiger partial charge on any atom is 0.470 e. The molecule has 152 valence electrons. The number of anilines is 1. The molecule has 0 spiro atoms. The van der Waals surface area contributed by atoms with Gasteiger partial charge in [-0.1, -0.05) is 0 Å². The first kappa shape index (κ1) is 18.0. The largest absolute Gasteiger partial charge is 0.470 e. The van der Waals surface area contributed by atoms with Crippen LogP contribution in [0.5, 0.6) is 0 Å². The lowest BCUT2D eigenvalue weighted by molar-refractivity contribution is -0.157. The Hall–Kier alpha value is -3.02. The number of halogens is 3. The summed E-state index contributed by atoms with van der Waals surface area (Å²) < 4.78 is 44.2. The number of nitrogens with zero attached hydrogens (tertiary/aromatic N) is 8. The van der Waals surface area contributed by atoms with Crippen molar-refractivity contribution < 1.29 is 17.6 Å². The molecule has 29 heavy (non-hydrogen) atoms. The van der Waals surface area contributed by atoms with Gasteiger partial charge in [0.25, 0.3) is 0 Å². The number of likely N-dealkylation sites (tertiary alicyclic amines) is 1. The highest BCUT2D eigenvalue weighted by atomic mass is 19.4. The highest BCUT2D eigenvalue weighted by molar-refractivity contribution is 5.44. The van der Waals surface area contributed by atoms with E-state index in [4.69, 9.17) is 4.42 Å². The topological polar surface area (TPSA) is 89.0 Å². The van der Waals surface area contributed by atoms with Crippen LogP contribution in [0.25, 0.3) is 5.82 Å². The molecule has 9 nitrogen and oxygen atoms in total. The van der Waals surface area contributed by atoms with Gasteiger partial charge in [-0.25, -0.2) is 14.6 Å². The molecule has 0 saturated carbocycles. The molecule has 0 bridgehead atoms. The molecule has 0 N–H and O–H groups in total. The van der Waals surface area contributed by atoms with E-state index in [9.17, 15) is 13.2 Å². The standard InChI is InChI=1S/C17H17F3N8O/c18-17(19,20)16-25-24-15(29-16)9-26-5-11-7-27(8-12(11)6-26)13-4-14(22-10-21-13)28-3-1-2-23-28/h1-4,10-12H,5-9H2. The summed E-state index contributed by atoms with van der Waals surface area (Å²) in [5.41, 5.74) is 0. The van der Waals surface area contributed by atoms with Crippen molar-refractivity contribution in [2.75, 3.05) is 31.1 Å². The molecule has 12 heteroatoms. The molecule has 3 aromatic heterocycles. The minimum atomic E-state index is -4.61. The molecule has 0 amide bonds. The van der Waals surface area contributed by atoms with Crippen LogP contribution in [-0.4, -0.2) is 61.0 Å². The zero-order chi connectivity index (χ0) is 20.0. The van der Waals surface area contributed by atoms with Gasteiger partial charge in [-0.15, -0.1) is 10.2 Å². The SMILES string of the molecule is FC(F)(F)c1nnc(CN2CC3CN(c4cc(-n5cccn5)ncn4)CC3C2)o1. The third-order valence-corrected chi connectivity index (χ3v) is 5.33. The number of rotatable bonds is 4. The van der Waals surface area contributed by atoms with Crippen LogP contribution in [0.2, 0.25) is 0 Å². The maximum atomic E-state index is 12.6.